The van der Waals surface area contributed by atoms with Gasteiger partial charge < -0.3 is 14.6 Å². The highest BCUT2D eigenvalue weighted by Gasteiger charge is 2.10. The molecule has 0 heterocycles. The first-order valence-corrected chi connectivity index (χ1v) is 6.62. The Kier molecular flexibility index (Phi) is 6.84. The number of aliphatic hydroxyl groups excluding tert-OH is 1. The van der Waals surface area contributed by atoms with Crippen molar-refractivity contribution in [1.29, 1.82) is 0 Å². The van der Waals surface area contributed by atoms with Gasteiger partial charge in [0.05, 0.1) is 25.9 Å². The van der Waals surface area contributed by atoms with E-state index in [0.717, 1.165) is 12.3 Å². The van der Waals surface area contributed by atoms with Gasteiger partial charge in [0.25, 0.3) is 0 Å². The fourth-order valence-electron chi connectivity index (χ4n) is 1.86. The first-order chi connectivity index (χ1) is 9.01. The SMILES string of the molecule is COc1cccc(CN(C)CC(O)COC(C)C)c1. The van der Waals surface area contributed by atoms with Crippen molar-refractivity contribution in [3.8, 4) is 5.75 Å². The van der Waals surface area contributed by atoms with E-state index in [2.05, 4.69) is 11.0 Å². The molecule has 0 radical (unpaired) electrons. The lowest BCUT2D eigenvalue weighted by Gasteiger charge is -2.21. The number of methoxy groups -OCH3 is 1. The monoisotopic (exact) mass is 267 g/mol. The van der Waals surface area contributed by atoms with Gasteiger partial charge in [0.2, 0.25) is 0 Å². The highest BCUT2D eigenvalue weighted by molar-refractivity contribution is 5.28. The van der Waals surface area contributed by atoms with E-state index in [0.29, 0.717) is 13.2 Å². The summed E-state index contributed by atoms with van der Waals surface area (Å²) in [5, 5.41) is 9.86. The lowest BCUT2D eigenvalue weighted by atomic mass is 10.2. The quantitative estimate of drug-likeness (QED) is 0.781. The number of aliphatic hydroxyl groups is 1. The van der Waals surface area contributed by atoms with Crippen LogP contribution in [-0.4, -0.2) is 49.5 Å². The van der Waals surface area contributed by atoms with Gasteiger partial charge in [0.1, 0.15) is 5.75 Å². The lowest BCUT2D eigenvalue weighted by molar-refractivity contribution is -0.00635. The summed E-state index contributed by atoms with van der Waals surface area (Å²) >= 11 is 0. The molecule has 1 aromatic carbocycles. The standard InChI is InChI=1S/C15H25NO3/c1-12(2)19-11-14(17)10-16(3)9-13-6-5-7-15(8-13)18-4/h5-8,12,14,17H,9-11H2,1-4H3. The number of benzene rings is 1. The minimum atomic E-state index is -0.460. The molecule has 0 fully saturated rings. The summed E-state index contributed by atoms with van der Waals surface area (Å²) in [6.45, 7) is 5.67. The van der Waals surface area contributed by atoms with Crippen molar-refractivity contribution in [1.82, 2.24) is 4.90 Å². The van der Waals surface area contributed by atoms with Gasteiger partial charge in [-0.05, 0) is 38.6 Å². The van der Waals surface area contributed by atoms with Gasteiger partial charge >= 0.3 is 0 Å². The molecule has 19 heavy (non-hydrogen) atoms. The molecule has 0 saturated heterocycles. The summed E-state index contributed by atoms with van der Waals surface area (Å²) in [5.41, 5.74) is 1.17. The second-order valence-electron chi connectivity index (χ2n) is 5.08. The maximum Gasteiger partial charge on any atom is 0.119 e. The molecule has 4 heteroatoms. The molecule has 4 nitrogen and oxygen atoms in total. The molecule has 0 aromatic heterocycles. The van der Waals surface area contributed by atoms with E-state index in [1.807, 2.05) is 39.1 Å². The Morgan fingerprint density at radius 1 is 1.32 bits per heavy atom. The number of rotatable bonds is 8. The van der Waals surface area contributed by atoms with Crippen LogP contribution < -0.4 is 4.74 Å². The molecule has 108 valence electrons. The highest BCUT2D eigenvalue weighted by Crippen LogP contribution is 2.13. The van der Waals surface area contributed by atoms with Crippen molar-refractivity contribution in [2.75, 3.05) is 27.3 Å². The summed E-state index contributed by atoms with van der Waals surface area (Å²) in [7, 11) is 3.65. The van der Waals surface area contributed by atoms with E-state index in [9.17, 15) is 5.11 Å². The molecule has 1 rings (SSSR count). The number of ether oxygens (including phenoxy) is 2. The molecule has 0 aliphatic heterocycles. The summed E-state index contributed by atoms with van der Waals surface area (Å²) in [6, 6.07) is 7.96. The molecule has 1 N–H and O–H groups in total. The van der Waals surface area contributed by atoms with Crippen LogP contribution in [0, 0.1) is 0 Å². The van der Waals surface area contributed by atoms with Crippen LogP contribution in [0.3, 0.4) is 0 Å². The van der Waals surface area contributed by atoms with E-state index in [4.69, 9.17) is 9.47 Å². The summed E-state index contributed by atoms with van der Waals surface area (Å²) in [4.78, 5) is 2.07. The maximum atomic E-state index is 9.86. The molecule has 0 aliphatic rings. The van der Waals surface area contributed by atoms with Crippen molar-refractivity contribution < 1.29 is 14.6 Å². The van der Waals surface area contributed by atoms with Crippen LogP contribution in [0.4, 0.5) is 0 Å². The molecular formula is C15H25NO3. The average Bonchev–Trinajstić information content (AvgIpc) is 2.36. The minimum Gasteiger partial charge on any atom is -0.497 e. The van der Waals surface area contributed by atoms with E-state index in [1.165, 1.54) is 5.56 Å². The molecule has 0 spiro atoms. The molecule has 0 bridgehead atoms. The Morgan fingerprint density at radius 2 is 2.05 bits per heavy atom. The van der Waals surface area contributed by atoms with E-state index in [-0.39, 0.29) is 6.10 Å². The Morgan fingerprint density at radius 3 is 2.68 bits per heavy atom. The van der Waals surface area contributed by atoms with Crippen molar-refractivity contribution in [3.05, 3.63) is 29.8 Å². The minimum absolute atomic E-state index is 0.151. The van der Waals surface area contributed by atoms with Gasteiger partial charge in [-0.3, -0.25) is 4.90 Å². The van der Waals surface area contributed by atoms with Crippen LogP contribution >= 0.6 is 0 Å². The predicted octanol–water partition coefficient (Wildman–Crippen LogP) is 1.91. The molecule has 0 aliphatic carbocycles. The van der Waals surface area contributed by atoms with Gasteiger partial charge in [-0.15, -0.1) is 0 Å². The second-order valence-corrected chi connectivity index (χ2v) is 5.08. The molecule has 0 amide bonds. The number of hydrogen-bond acceptors (Lipinski definition) is 4. The zero-order valence-electron chi connectivity index (χ0n) is 12.3. The van der Waals surface area contributed by atoms with Gasteiger partial charge in [-0.1, -0.05) is 12.1 Å². The third-order valence-corrected chi connectivity index (χ3v) is 2.73. The first-order valence-electron chi connectivity index (χ1n) is 6.62. The van der Waals surface area contributed by atoms with Crippen molar-refractivity contribution >= 4 is 0 Å². The summed E-state index contributed by atoms with van der Waals surface area (Å²) in [5.74, 6) is 0.856. The third kappa shape index (κ3) is 6.57. The Labute approximate surface area is 115 Å². The highest BCUT2D eigenvalue weighted by atomic mass is 16.5. The first kappa shape index (κ1) is 16.0. The second kappa shape index (κ2) is 8.15. The van der Waals surface area contributed by atoms with Crippen molar-refractivity contribution in [3.63, 3.8) is 0 Å². The van der Waals surface area contributed by atoms with Gasteiger partial charge in [0.15, 0.2) is 0 Å². The van der Waals surface area contributed by atoms with Crippen LogP contribution in [0.15, 0.2) is 24.3 Å². The van der Waals surface area contributed by atoms with Crippen LogP contribution in [0.5, 0.6) is 5.75 Å². The molecule has 0 saturated carbocycles. The van der Waals surface area contributed by atoms with E-state index >= 15 is 0 Å². The van der Waals surface area contributed by atoms with Gasteiger partial charge in [-0.25, -0.2) is 0 Å². The van der Waals surface area contributed by atoms with Gasteiger partial charge in [0, 0.05) is 13.1 Å². The van der Waals surface area contributed by atoms with E-state index in [1.54, 1.807) is 7.11 Å². The fraction of sp³-hybridized carbons (Fsp3) is 0.600. The number of hydrogen-bond donors (Lipinski definition) is 1. The maximum absolute atomic E-state index is 9.86. The Bertz CT molecular complexity index is 368. The summed E-state index contributed by atoms with van der Waals surface area (Å²) < 4.78 is 10.6. The number of nitrogens with zero attached hydrogens (tertiary/aromatic N) is 1. The molecule has 1 aromatic rings. The Hall–Kier alpha value is -1.10. The largest absolute Gasteiger partial charge is 0.497 e. The van der Waals surface area contributed by atoms with Crippen LogP contribution in [-0.2, 0) is 11.3 Å². The third-order valence-electron chi connectivity index (χ3n) is 2.73. The zero-order valence-corrected chi connectivity index (χ0v) is 12.3. The molecule has 1 unspecified atom stereocenters. The van der Waals surface area contributed by atoms with Gasteiger partial charge in [-0.2, -0.15) is 0 Å². The van der Waals surface area contributed by atoms with Crippen LogP contribution in [0.2, 0.25) is 0 Å². The zero-order chi connectivity index (χ0) is 14.3. The van der Waals surface area contributed by atoms with E-state index < -0.39 is 6.10 Å². The smallest absolute Gasteiger partial charge is 0.119 e. The number of likely N-dealkylation sites (N-methyl/N-ethyl adjacent to an activating group) is 1. The predicted molar refractivity (Wildman–Crippen MR) is 76.4 cm³/mol. The topological polar surface area (TPSA) is 41.9 Å². The van der Waals surface area contributed by atoms with Crippen molar-refractivity contribution in [2.45, 2.75) is 32.6 Å². The lowest BCUT2D eigenvalue weighted by Crippen LogP contribution is -2.32. The van der Waals surface area contributed by atoms with Crippen LogP contribution in [0.25, 0.3) is 0 Å². The summed E-state index contributed by atoms with van der Waals surface area (Å²) in [6.07, 6.45) is -0.309. The van der Waals surface area contributed by atoms with Crippen LogP contribution in [0.1, 0.15) is 19.4 Å². The van der Waals surface area contributed by atoms with Crippen molar-refractivity contribution in [2.24, 2.45) is 0 Å². The average molecular weight is 267 g/mol. The molecular weight excluding hydrogens is 242 g/mol. The normalized spacial score (nSPS) is 13.0. The fourth-order valence-corrected chi connectivity index (χ4v) is 1.86. The molecule has 1 atom stereocenters. The Balaban J connectivity index is 2.39.